The zero-order valence-corrected chi connectivity index (χ0v) is 22.1. The first-order valence-corrected chi connectivity index (χ1v) is 12.8. The Labute approximate surface area is 217 Å². The van der Waals surface area contributed by atoms with Crippen LogP contribution in [0.5, 0.6) is 5.75 Å². The van der Waals surface area contributed by atoms with E-state index in [4.69, 9.17) is 18.8 Å². The number of carbonyl (C=O) groups is 2. The van der Waals surface area contributed by atoms with Crippen molar-refractivity contribution in [3.63, 3.8) is 0 Å². The van der Waals surface area contributed by atoms with E-state index >= 15 is 4.39 Å². The molecule has 5 rings (SSSR count). The number of benzene rings is 2. The van der Waals surface area contributed by atoms with Gasteiger partial charge in [-0.15, -0.1) is 0 Å². The lowest BCUT2D eigenvalue weighted by molar-refractivity contribution is -0.142. The summed E-state index contributed by atoms with van der Waals surface area (Å²) in [5, 5.41) is 0. The first-order chi connectivity index (χ1) is 17.4. The number of ether oxygens (including phenoxy) is 2. The first-order valence-electron chi connectivity index (χ1n) is 12.8. The Hall–Kier alpha value is -2.91. The molecule has 0 unspecified atom stereocenters. The van der Waals surface area contributed by atoms with Gasteiger partial charge in [-0.3, -0.25) is 9.59 Å². The van der Waals surface area contributed by atoms with Crippen molar-refractivity contribution in [3.05, 3.63) is 58.4 Å². The van der Waals surface area contributed by atoms with E-state index in [0.717, 1.165) is 35.0 Å². The number of hydrogen-bond acceptors (Lipinski definition) is 6. The van der Waals surface area contributed by atoms with E-state index in [1.54, 1.807) is 4.90 Å². The summed E-state index contributed by atoms with van der Waals surface area (Å²) in [6.07, 6.45) is 2.08. The molecule has 1 amide bonds. The van der Waals surface area contributed by atoms with Gasteiger partial charge in [0.1, 0.15) is 30.3 Å². The summed E-state index contributed by atoms with van der Waals surface area (Å²) in [7, 11) is -0.625. The Morgan fingerprint density at radius 3 is 2.49 bits per heavy atom. The number of hydrogen-bond donors (Lipinski definition) is 0. The number of rotatable bonds is 6. The molecule has 3 aliphatic rings. The van der Waals surface area contributed by atoms with Crippen LogP contribution in [0.3, 0.4) is 0 Å². The highest BCUT2D eigenvalue weighted by Gasteiger charge is 2.52. The van der Waals surface area contributed by atoms with Crippen molar-refractivity contribution in [2.24, 2.45) is 0 Å². The molecule has 2 heterocycles. The fourth-order valence-electron chi connectivity index (χ4n) is 4.73. The van der Waals surface area contributed by atoms with Crippen molar-refractivity contribution >= 4 is 24.5 Å². The van der Waals surface area contributed by atoms with Crippen LogP contribution in [0.25, 0.3) is 0 Å². The van der Waals surface area contributed by atoms with Crippen LogP contribution in [0.1, 0.15) is 80.4 Å². The summed E-state index contributed by atoms with van der Waals surface area (Å²) in [5.41, 5.74) is 2.13. The van der Waals surface area contributed by atoms with E-state index in [1.165, 1.54) is 13.0 Å². The predicted octanol–water partition coefficient (Wildman–Crippen LogP) is 4.10. The second-order valence-corrected chi connectivity index (χ2v) is 11.1. The van der Waals surface area contributed by atoms with Crippen LogP contribution in [0, 0.1) is 5.82 Å². The van der Waals surface area contributed by atoms with Gasteiger partial charge >= 0.3 is 13.1 Å². The van der Waals surface area contributed by atoms with E-state index in [1.807, 2.05) is 52.0 Å². The molecular formula is C28H33BFNO6. The zero-order chi connectivity index (χ0) is 26.5. The lowest BCUT2D eigenvalue weighted by Crippen LogP contribution is -2.41. The Balaban J connectivity index is 1.41. The third kappa shape index (κ3) is 5.11. The summed E-state index contributed by atoms with van der Waals surface area (Å²) >= 11 is 0. The zero-order valence-electron chi connectivity index (χ0n) is 22.1. The highest BCUT2D eigenvalue weighted by molar-refractivity contribution is 6.62. The maximum absolute atomic E-state index is 15.1. The normalized spacial score (nSPS) is 20.3. The lowest BCUT2D eigenvalue weighted by Gasteiger charge is -2.32. The van der Waals surface area contributed by atoms with Gasteiger partial charge in [-0.05, 0) is 80.7 Å². The average molecular weight is 509 g/mol. The number of carbonyl (C=O) groups excluding carboxylic acids is 2. The van der Waals surface area contributed by atoms with Crippen molar-refractivity contribution in [1.29, 1.82) is 0 Å². The second-order valence-electron chi connectivity index (χ2n) is 11.1. The number of nitrogens with zero attached hydrogens (tertiary/aromatic N) is 1. The molecule has 0 aromatic heterocycles. The van der Waals surface area contributed by atoms with Crippen LogP contribution in [0.2, 0.25) is 0 Å². The third-order valence-corrected chi connectivity index (χ3v) is 7.76. The highest BCUT2D eigenvalue weighted by atomic mass is 19.1. The standard InChI is InChI=1S/C28H33BFNO6/c1-17(32)35-16-21-12-18(6-9-22(21)29-36-27(2,3)28(4,5)37-29)15-31-10-11-34-24-14-20(19-7-8-19)13-23(30)25(24)26(31)33/h6,9,12-14,19H,7-8,10-11,15-16H2,1-5H3. The molecule has 0 atom stereocenters. The van der Waals surface area contributed by atoms with Crippen molar-refractivity contribution in [3.8, 4) is 5.75 Å². The second kappa shape index (κ2) is 9.44. The van der Waals surface area contributed by atoms with E-state index in [9.17, 15) is 9.59 Å². The molecular weight excluding hydrogens is 476 g/mol. The summed E-state index contributed by atoms with van der Waals surface area (Å²) in [6.45, 7) is 10.2. The summed E-state index contributed by atoms with van der Waals surface area (Å²) in [6, 6.07) is 8.94. The number of esters is 1. The Morgan fingerprint density at radius 1 is 1.14 bits per heavy atom. The van der Waals surface area contributed by atoms with E-state index in [2.05, 4.69) is 0 Å². The minimum Gasteiger partial charge on any atom is -0.491 e. The Morgan fingerprint density at radius 2 is 1.84 bits per heavy atom. The SMILES string of the molecule is CC(=O)OCc1cc(CN2CCOc3cc(C4CC4)cc(F)c3C2=O)ccc1B1OC(C)(C)C(C)(C)O1. The Bertz CT molecular complexity index is 1230. The molecule has 0 spiro atoms. The number of halogens is 1. The molecule has 9 heteroatoms. The molecule has 0 bridgehead atoms. The summed E-state index contributed by atoms with van der Waals surface area (Å²) in [4.78, 5) is 26.5. The van der Waals surface area contributed by atoms with Gasteiger partial charge in [0.25, 0.3) is 5.91 Å². The van der Waals surface area contributed by atoms with Crippen LogP contribution in [0.15, 0.2) is 30.3 Å². The molecule has 1 saturated heterocycles. The van der Waals surface area contributed by atoms with Crippen LogP contribution in [-0.2, 0) is 32.0 Å². The van der Waals surface area contributed by atoms with E-state index < -0.39 is 36.0 Å². The van der Waals surface area contributed by atoms with Crippen LogP contribution in [0.4, 0.5) is 4.39 Å². The van der Waals surface area contributed by atoms with Crippen molar-refractivity contribution < 1.29 is 32.8 Å². The van der Waals surface area contributed by atoms with Crippen molar-refractivity contribution in [2.45, 2.75) is 77.7 Å². The average Bonchev–Trinajstić information content (AvgIpc) is 3.64. The molecule has 2 aromatic carbocycles. The fraction of sp³-hybridized carbons (Fsp3) is 0.500. The third-order valence-electron chi connectivity index (χ3n) is 7.76. The van der Waals surface area contributed by atoms with Gasteiger partial charge in [0.15, 0.2) is 0 Å². The van der Waals surface area contributed by atoms with Gasteiger partial charge in [0.2, 0.25) is 0 Å². The van der Waals surface area contributed by atoms with Gasteiger partial charge in [-0.1, -0.05) is 18.2 Å². The van der Waals surface area contributed by atoms with Gasteiger partial charge in [0, 0.05) is 13.5 Å². The van der Waals surface area contributed by atoms with E-state index in [0.29, 0.717) is 18.2 Å². The predicted molar refractivity (Wildman–Crippen MR) is 136 cm³/mol. The van der Waals surface area contributed by atoms with Crippen LogP contribution >= 0.6 is 0 Å². The first kappa shape index (κ1) is 25.7. The molecule has 7 nitrogen and oxygen atoms in total. The molecule has 1 aliphatic carbocycles. The van der Waals surface area contributed by atoms with Crippen LogP contribution in [-0.4, -0.2) is 48.2 Å². The molecule has 0 N–H and O–H groups in total. The number of amides is 1. The van der Waals surface area contributed by atoms with Crippen molar-refractivity contribution in [2.75, 3.05) is 13.2 Å². The van der Waals surface area contributed by atoms with Gasteiger partial charge < -0.3 is 23.7 Å². The summed E-state index contributed by atoms with van der Waals surface area (Å²) < 4.78 is 38.6. The van der Waals surface area contributed by atoms with E-state index in [-0.39, 0.29) is 25.3 Å². The molecule has 2 aliphatic heterocycles. The van der Waals surface area contributed by atoms with Gasteiger partial charge in [-0.2, -0.15) is 0 Å². The lowest BCUT2D eigenvalue weighted by atomic mass is 9.75. The smallest absolute Gasteiger partial charge is 0.491 e. The topological polar surface area (TPSA) is 74.3 Å². The Kier molecular flexibility index (Phi) is 6.57. The number of fused-ring (bicyclic) bond motifs is 1. The summed E-state index contributed by atoms with van der Waals surface area (Å²) in [5.74, 6) is -0.660. The van der Waals surface area contributed by atoms with Gasteiger partial charge in [0.05, 0.1) is 17.7 Å². The maximum Gasteiger partial charge on any atom is 0.495 e. The molecule has 37 heavy (non-hydrogen) atoms. The maximum atomic E-state index is 15.1. The van der Waals surface area contributed by atoms with Crippen LogP contribution < -0.4 is 10.2 Å². The molecule has 196 valence electrons. The molecule has 2 aromatic rings. The minimum absolute atomic E-state index is 0.0177. The molecule has 0 radical (unpaired) electrons. The largest absolute Gasteiger partial charge is 0.495 e. The van der Waals surface area contributed by atoms with Crippen molar-refractivity contribution in [1.82, 2.24) is 4.90 Å². The quantitative estimate of drug-likeness (QED) is 0.432. The minimum atomic E-state index is -0.625. The highest BCUT2D eigenvalue weighted by Crippen LogP contribution is 2.43. The molecule has 2 fully saturated rings. The fourth-order valence-corrected chi connectivity index (χ4v) is 4.73. The monoisotopic (exact) mass is 509 g/mol. The molecule has 1 saturated carbocycles. The van der Waals surface area contributed by atoms with Gasteiger partial charge in [-0.25, -0.2) is 4.39 Å².